The molecule has 0 aliphatic rings. The van der Waals surface area contributed by atoms with Gasteiger partial charge in [0.25, 0.3) is 0 Å². The predicted octanol–water partition coefficient (Wildman–Crippen LogP) is 3.52. The zero-order valence-corrected chi connectivity index (χ0v) is 19.8. The van der Waals surface area contributed by atoms with E-state index in [2.05, 4.69) is 77.9 Å². The molecule has 0 saturated heterocycles. The minimum atomic E-state index is -1.11. The summed E-state index contributed by atoms with van der Waals surface area (Å²) in [6.07, 6.45) is 0.896. The second-order valence-electron chi connectivity index (χ2n) is 10.3. The number of rotatable bonds is 6. The van der Waals surface area contributed by atoms with E-state index in [1.807, 2.05) is 6.07 Å². The Kier molecular flexibility index (Phi) is 9.70. The van der Waals surface area contributed by atoms with Crippen LogP contribution in [0.25, 0.3) is 0 Å². The van der Waals surface area contributed by atoms with Gasteiger partial charge in [-0.2, -0.15) is 0 Å². The van der Waals surface area contributed by atoms with Gasteiger partial charge in [0.15, 0.2) is 0 Å². The summed E-state index contributed by atoms with van der Waals surface area (Å²) >= 11 is 0. The molecule has 2 aromatic carbocycles. The third-order valence-electron chi connectivity index (χ3n) is 5.38. The summed E-state index contributed by atoms with van der Waals surface area (Å²) in [4.78, 5) is 0. The minimum absolute atomic E-state index is 0.0726. The van der Waals surface area contributed by atoms with E-state index in [1.165, 1.54) is 11.1 Å². The smallest absolute Gasteiger partial charge is 0.123 e. The summed E-state index contributed by atoms with van der Waals surface area (Å²) in [5.41, 5.74) is 3.37. The number of aliphatic hydroxyl groups excluding tert-OH is 4. The Labute approximate surface area is 187 Å². The summed E-state index contributed by atoms with van der Waals surface area (Å²) in [7, 11) is 0. The Morgan fingerprint density at radius 3 is 1.29 bits per heavy atom. The van der Waals surface area contributed by atoms with E-state index >= 15 is 0 Å². The highest BCUT2D eigenvalue weighted by molar-refractivity contribution is 5.50. The summed E-state index contributed by atoms with van der Waals surface area (Å²) in [6.45, 7) is 11.3. The lowest BCUT2D eigenvalue weighted by molar-refractivity contribution is -0.0328. The molecule has 174 valence electrons. The van der Waals surface area contributed by atoms with E-state index in [0.29, 0.717) is 5.75 Å². The van der Waals surface area contributed by atoms with Crippen LogP contribution >= 0.6 is 0 Å². The molecule has 0 heterocycles. The van der Waals surface area contributed by atoms with Gasteiger partial charge in [-0.3, -0.25) is 0 Å². The van der Waals surface area contributed by atoms with E-state index in [4.69, 9.17) is 20.4 Å². The third-order valence-corrected chi connectivity index (χ3v) is 5.38. The first-order valence-corrected chi connectivity index (χ1v) is 10.7. The number of phenols is 1. The van der Waals surface area contributed by atoms with Crippen molar-refractivity contribution in [2.24, 2.45) is 5.41 Å². The largest absolute Gasteiger partial charge is 0.507 e. The van der Waals surface area contributed by atoms with Crippen molar-refractivity contribution in [3.8, 4) is 5.75 Å². The molecule has 2 aromatic rings. The van der Waals surface area contributed by atoms with Gasteiger partial charge >= 0.3 is 0 Å². The zero-order valence-electron chi connectivity index (χ0n) is 19.8. The van der Waals surface area contributed by atoms with E-state index in [9.17, 15) is 5.11 Å². The lowest BCUT2D eigenvalue weighted by Crippen LogP contribution is -2.37. The second-order valence-corrected chi connectivity index (χ2v) is 10.3. The van der Waals surface area contributed by atoms with Crippen molar-refractivity contribution in [1.29, 1.82) is 0 Å². The fraction of sp³-hybridized carbons (Fsp3) is 0.538. The summed E-state index contributed by atoms with van der Waals surface area (Å²) in [5, 5.41) is 44.7. The molecule has 0 aromatic heterocycles. The summed E-state index contributed by atoms with van der Waals surface area (Å²) in [6, 6.07) is 14.8. The molecule has 0 radical (unpaired) electrons. The van der Waals surface area contributed by atoms with Crippen LogP contribution in [0.1, 0.15) is 63.8 Å². The maximum Gasteiger partial charge on any atom is 0.123 e. The Morgan fingerprint density at radius 2 is 1.00 bits per heavy atom. The molecule has 0 unspecified atom stereocenters. The maximum absolute atomic E-state index is 10.8. The van der Waals surface area contributed by atoms with E-state index in [1.54, 1.807) is 0 Å². The first-order chi connectivity index (χ1) is 14.3. The van der Waals surface area contributed by atoms with Crippen LogP contribution in [0.2, 0.25) is 0 Å². The van der Waals surface area contributed by atoms with Gasteiger partial charge in [-0.25, -0.2) is 0 Å². The van der Waals surface area contributed by atoms with Gasteiger partial charge < -0.3 is 25.5 Å². The Balaban J connectivity index is 0.000000452. The van der Waals surface area contributed by atoms with Gasteiger partial charge in [0.05, 0.1) is 31.8 Å². The average molecular weight is 433 g/mol. The van der Waals surface area contributed by atoms with E-state index < -0.39 is 31.8 Å². The molecule has 0 saturated carbocycles. The fourth-order valence-electron chi connectivity index (χ4n) is 3.07. The number of benzene rings is 2. The lowest BCUT2D eigenvalue weighted by Gasteiger charge is -2.28. The van der Waals surface area contributed by atoms with Crippen LogP contribution in [0.15, 0.2) is 42.5 Å². The van der Waals surface area contributed by atoms with Crippen molar-refractivity contribution < 1.29 is 25.5 Å². The molecule has 0 aliphatic heterocycles. The SMILES string of the molecule is CC(C)(C)c1cc(Cc2ccccc2)cc(C(C)(C)C)c1O.OCC(CO)(CO)CO. The number of phenolic OH excluding ortho intramolecular Hbond substituents is 1. The van der Waals surface area contributed by atoms with Crippen LogP contribution in [0, 0.1) is 5.41 Å². The summed E-state index contributed by atoms with van der Waals surface area (Å²) in [5.74, 6) is 0.455. The number of hydrogen-bond acceptors (Lipinski definition) is 5. The minimum Gasteiger partial charge on any atom is -0.507 e. The first kappa shape index (κ1) is 27.1. The maximum atomic E-state index is 10.8. The molecule has 2 rings (SSSR count). The summed E-state index contributed by atoms with van der Waals surface area (Å²) < 4.78 is 0. The van der Waals surface area contributed by atoms with Gasteiger partial charge in [0.2, 0.25) is 0 Å². The molecule has 0 amide bonds. The highest BCUT2D eigenvalue weighted by atomic mass is 16.3. The van der Waals surface area contributed by atoms with Gasteiger partial charge in [0, 0.05) is 0 Å². The number of aromatic hydroxyl groups is 1. The van der Waals surface area contributed by atoms with Gasteiger partial charge in [-0.15, -0.1) is 0 Å². The molecule has 0 atom stereocenters. The Bertz CT molecular complexity index is 744. The number of hydrogen-bond donors (Lipinski definition) is 5. The molecule has 0 fully saturated rings. The predicted molar refractivity (Wildman–Crippen MR) is 126 cm³/mol. The first-order valence-electron chi connectivity index (χ1n) is 10.7. The lowest BCUT2D eigenvalue weighted by atomic mass is 9.78. The average Bonchev–Trinajstić information content (AvgIpc) is 2.71. The zero-order chi connectivity index (χ0) is 23.9. The van der Waals surface area contributed by atoms with Crippen LogP contribution in [-0.2, 0) is 17.3 Å². The Morgan fingerprint density at radius 1 is 0.613 bits per heavy atom. The topological polar surface area (TPSA) is 101 Å². The highest BCUT2D eigenvalue weighted by Crippen LogP contribution is 2.40. The van der Waals surface area contributed by atoms with Gasteiger partial charge in [-0.05, 0) is 39.5 Å². The molecule has 0 bridgehead atoms. The van der Waals surface area contributed by atoms with Crippen molar-refractivity contribution in [3.63, 3.8) is 0 Å². The number of aliphatic hydroxyl groups is 4. The van der Waals surface area contributed by atoms with Gasteiger partial charge in [0.1, 0.15) is 5.75 Å². The Hall–Kier alpha value is -1.92. The molecular weight excluding hydrogens is 392 g/mol. The van der Waals surface area contributed by atoms with Crippen molar-refractivity contribution >= 4 is 0 Å². The molecule has 31 heavy (non-hydrogen) atoms. The van der Waals surface area contributed by atoms with Crippen molar-refractivity contribution in [2.75, 3.05) is 26.4 Å². The van der Waals surface area contributed by atoms with Crippen LogP contribution in [0.5, 0.6) is 5.75 Å². The van der Waals surface area contributed by atoms with Crippen molar-refractivity contribution in [3.05, 3.63) is 64.7 Å². The standard InChI is InChI=1S/C21H28O.C5H12O4/c1-20(2,3)17-13-16(12-15-10-8-7-9-11-15)14-18(19(17)22)21(4,5)6;6-1-5(2-7,3-8)4-9/h7-11,13-14,22H,12H2,1-6H3;6-9H,1-4H2. The van der Waals surface area contributed by atoms with E-state index in [-0.39, 0.29) is 10.8 Å². The quantitative estimate of drug-likeness (QED) is 0.481. The third kappa shape index (κ3) is 7.62. The van der Waals surface area contributed by atoms with Crippen molar-refractivity contribution in [1.82, 2.24) is 0 Å². The molecule has 0 aliphatic carbocycles. The normalized spacial score (nSPS) is 12.3. The van der Waals surface area contributed by atoms with Crippen molar-refractivity contribution in [2.45, 2.75) is 58.8 Å². The van der Waals surface area contributed by atoms with Crippen LogP contribution < -0.4 is 0 Å². The fourth-order valence-corrected chi connectivity index (χ4v) is 3.07. The van der Waals surface area contributed by atoms with Crippen LogP contribution in [0.3, 0.4) is 0 Å². The molecule has 5 nitrogen and oxygen atoms in total. The second kappa shape index (κ2) is 11.1. The molecular formula is C26H40O5. The monoisotopic (exact) mass is 432 g/mol. The van der Waals surface area contributed by atoms with Crippen LogP contribution in [0.4, 0.5) is 0 Å². The molecule has 5 heteroatoms. The highest BCUT2D eigenvalue weighted by Gasteiger charge is 2.27. The molecule has 0 spiro atoms. The van der Waals surface area contributed by atoms with Gasteiger partial charge in [-0.1, -0.05) is 84.0 Å². The van der Waals surface area contributed by atoms with Crippen LogP contribution in [-0.4, -0.2) is 52.0 Å². The molecule has 5 N–H and O–H groups in total. The van der Waals surface area contributed by atoms with E-state index in [0.717, 1.165) is 17.5 Å².